The molecule has 3 aromatic rings. The summed E-state index contributed by atoms with van der Waals surface area (Å²) in [5, 5.41) is 9.19. The molecule has 0 bridgehead atoms. The van der Waals surface area contributed by atoms with Gasteiger partial charge in [0, 0.05) is 38.3 Å². The van der Waals surface area contributed by atoms with E-state index in [1.807, 2.05) is 24.3 Å². The zero-order chi connectivity index (χ0) is 23.3. The molecule has 2 heterocycles. The van der Waals surface area contributed by atoms with Gasteiger partial charge in [-0.3, -0.25) is 9.80 Å². The van der Waals surface area contributed by atoms with E-state index in [9.17, 15) is 8.42 Å². The van der Waals surface area contributed by atoms with Crippen LogP contribution in [0, 0.1) is 0 Å². The number of nitrogens with zero attached hydrogens (tertiary/aromatic N) is 4. The quantitative estimate of drug-likeness (QED) is 0.493. The molecule has 0 aliphatic carbocycles. The van der Waals surface area contributed by atoms with Crippen molar-refractivity contribution < 1.29 is 22.4 Å². The maximum atomic E-state index is 11.3. The van der Waals surface area contributed by atoms with Gasteiger partial charge in [-0.15, -0.1) is 0 Å². The Hall–Kier alpha value is -2.99. The molecule has 1 aliphatic rings. The van der Waals surface area contributed by atoms with E-state index in [2.05, 4.69) is 19.9 Å². The summed E-state index contributed by atoms with van der Waals surface area (Å²) in [4.78, 5) is 9.20. The number of ether oxygens (including phenoxy) is 2. The van der Waals surface area contributed by atoms with Crippen molar-refractivity contribution >= 4 is 10.0 Å². The van der Waals surface area contributed by atoms with Crippen LogP contribution in [0.25, 0.3) is 11.4 Å². The Labute approximate surface area is 192 Å². The van der Waals surface area contributed by atoms with Gasteiger partial charge >= 0.3 is 0 Å². The van der Waals surface area contributed by atoms with Gasteiger partial charge < -0.3 is 14.0 Å². The first-order valence-electron chi connectivity index (χ1n) is 10.6. The second-order valence-corrected chi connectivity index (χ2v) is 9.28. The van der Waals surface area contributed by atoms with Crippen molar-refractivity contribution in [1.82, 2.24) is 19.9 Å². The van der Waals surface area contributed by atoms with E-state index in [1.54, 1.807) is 19.2 Å². The van der Waals surface area contributed by atoms with Crippen LogP contribution in [-0.2, 0) is 16.6 Å². The SMILES string of the molecule is COc1ccc(-c2noc(CN3CCN(CCOc4ccc(S(N)(=O)=O)cc4)CC3)n2)cc1. The molecular weight excluding hydrogens is 446 g/mol. The Morgan fingerprint density at radius 3 is 2.24 bits per heavy atom. The highest BCUT2D eigenvalue weighted by atomic mass is 32.2. The van der Waals surface area contributed by atoms with Crippen LogP contribution in [0.5, 0.6) is 11.5 Å². The molecule has 2 N–H and O–H groups in total. The number of sulfonamides is 1. The van der Waals surface area contributed by atoms with Gasteiger partial charge in [-0.05, 0) is 48.5 Å². The van der Waals surface area contributed by atoms with Crippen molar-refractivity contribution in [3.63, 3.8) is 0 Å². The zero-order valence-corrected chi connectivity index (χ0v) is 19.2. The highest BCUT2D eigenvalue weighted by molar-refractivity contribution is 7.89. The van der Waals surface area contributed by atoms with Crippen molar-refractivity contribution in [1.29, 1.82) is 0 Å². The molecule has 1 saturated heterocycles. The fourth-order valence-corrected chi connectivity index (χ4v) is 4.07. The minimum Gasteiger partial charge on any atom is -0.497 e. The van der Waals surface area contributed by atoms with E-state index in [4.69, 9.17) is 19.1 Å². The molecule has 1 aliphatic heterocycles. The van der Waals surface area contributed by atoms with Crippen LogP contribution in [0.15, 0.2) is 57.9 Å². The van der Waals surface area contributed by atoms with Crippen molar-refractivity contribution in [2.24, 2.45) is 5.14 Å². The third-order valence-electron chi connectivity index (χ3n) is 5.47. The highest BCUT2D eigenvalue weighted by Crippen LogP contribution is 2.20. The number of hydrogen-bond donors (Lipinski definition) is 1. The van der Waals surface area contributed by atoms with E-state index in [0.717, 1.165) is 44.0 Å². The van der Waals surface area contributed by atoms with E-state index in [1.165, 1.54) is 12.1 Å². The Morgan fingerprint density at radius 2 is 1.61 bits per heavy atom. The van der Waals surface area contributed by atoms with Crippen LogP contribution in [0.2, 0.25) is 0 Å². The number of nitrogens with two attached hydrogens (primary N) is 1. The first kappa shape index (κ1) is 23.2. The summed E-state index contributed by atoms with van der Waals surface area (Å²) in [6.07, 6.45) is 0. The Kier molecular flexibility index (Phi) is 7.23. The Morgan fingerprint density at radius 1 is 0.970 bits per heavy atom. The molecule has 1 aromatic heterocycles. The minimum atomic E-state index is -3.69. The zero-order valence-electron chi connectivity index (χ0n) is 18.4. The summed E-state index contributed by atoms with van der Waals surface area (Å²) in [6.45, 7) is 5.52. The minimum absolute atomic E-state index is 0.0725. The summed E-state index contributed by atoms with van der Waals surface area (Å²) in [5.41, 5.74) is 0.884. The normalized spacial score (nSPS) is 15.5. The Bertz CT molecular complexity index is 1140. The molecule has 0 saturated carbocycles. The van der Waals surface area contributed by atoms with Crippen LogP contribution in [0.1, 0.15) is 5.89 Å². The molecule has 2 aromatic carbocycles. The molecule has 33 heavy (non-hydrogen) atoms. The fourth-order valence-electron chi connectivity index (χ4n) is 3.56. The molecule has 0 radical (unpaired) electrons. The van der Waals surface area contributed by atoms with E-state index in [-0.39, 0.29) is 4.90 Å². The largest absolute Gasteiger partial charge is 0.497 e. The van der Waals surface area contributed by atoms with E-state index in [0.29, 0.717) is 30.6 Å². The van der Waals surface area contributed by atoms with Crippen molar-refractivity contribution in [2.75, 3.05) is 46.4 Å². The monoisotopic (exact) mass is 473 g/mol. The first-order chi connectivity index (χ1) is 15.9. The van der Waals surface area contributed by atoms with E-state index >= 15 is 0 Å². The maximum Gasteiger partial charge on any atom is 0.241 e. The number of rotatable bonds is 9. The van der Waals surface area contributed by atoms with Gasteiger partial charge in [-0.25, -0.2) is 13.6 Å². The standard InChI is InChI=1S/C22H27N5O5S/c1-30-18-4-2-17(3-5-18)22-24-21(32-25-22)16-27-12-10-26(11-13-27)14-15-31-19-6-8-20(9-7-19)33(23,28)29/h2-9H,10-16H2,1H3,(H2,23,28,29). The summed E-state index contributed by atoms with van der Waals surface area (Å²) in [6, 6.07) is 13.7. The van der Waals surface area contributed by atoms with Gasteiger partial charge in [0.05, 0.1) is 18.6 Å². The molecule has 11 heteroatoms. The second-order valence-electron chi connectivity index (χ2n) is 7.72. The number of methoxy groups -OCH3 is 1. The van der Waals surface area contributed by atoms with Crippen LogP contribution in [-0.4, -0.2) is 74.8 Å². The predicted molar refractivity (Wildman–Crippen MR) is 121 cm³/mol. The lowest BCUT2D eigenvalue weighted by Gasteiger charge is -2.33. The maximum absolute atomic E-state index is 11.3. The van der Waals surface area contributed by atoms with Gasteiger partial charge in [-0.2, -0.15) is 4.98 Å². The van der Waals surface area contributed by atoms with Gasteiger partial charge in [0.2, 0.25) is 21.7 Å². The number of piperazine rings is 1. The lowest BCUT2D eigenvalue weighted by Crippen LogP contribution is -2.47. The highest BCUT2D eigenvalue weighted by Gasteiger charge is 2.19. The molecule has 1 fully saturated rings. The number of hydrogen-bond acceptors (Lipinski definition) is 9. The van der Waals surface area contributed by atoms with Gasteiger partial charge in [0.25, 0.3) is 0 Å². The van der Waals surface area contributed by atoms with Gasteiger partial charge in [-0.1, -0.05) is 5.16 Å². The van der Waals surface area contributed by atoms with Crippen molar-refractivity contribution in [3.8, 4) is 22.9 Å². The van der Waals surface area contributed by atoms with Crippen LogP contribution in [0.4, 0.5) is 0 Å². The first-order valence-corrected chi connectivity index (χ1v) is 12.1. The molecule has 0 atom stereocenters. The number of primary sulfonamides is 1. The van der Waals surface area contributed by atoms with Crippen LogP contribution < -0.4 is 14.6 Å². The smallest absolute Gasteiger partial charge is 0.241 e. The number of aromatic nitrogens is 2. The van der Waals surface area contributed by atoms with Gasteiger partial charge in [0.15, 0.2) is 0 Å². The average molecular weight is 474 g/mol. The molecular formula is C22H27N5O5S. The lowest BCUT2D eigenvalue weighted by atomic mass is 10.2. The lowest BCUT2D eigenvalue weighted by molar-refractivity contribution is 0.104. The van der Waals surface area contributed by atoms with Gasteiger partial charge in [0.1, 0.15) is 18.1 Å². The molecule has 4 rings (SSSR count). The third-order valence-corrected chi connectivity index (χ3v) is 6.40. The molecule has 10 nitrogen and oxygen atoms in total. The summed E-state index contributed by atoms with van der Waals surface area (Å²) in [7, 11) is -2.06. The summed E-state index contributed by atoms with van der Waals surface area (Å²) in [5.74, 6) is 2.57. The molecule has 0 spiro atoms. The predicted octanol–water partition coefficient (Wildman–Crippen LogP) is 1.59. The molecule has 176 valence electrons. The van der Waals surface area contributed by atoms with Crippen molar-refractivity contribution in [2.45, 2.75) is 11.4 Å². The van der Waals surface area contributed by atoms with Crippen molar-refractivity contribution in [3.05, 3.63) is 54.4 Å². The van der Waals surface area contributed by atoms with E-state index < -0.39 is 10.0 Å². The Balaban J connectivity index is 1.19. The topological polar surface area (TPSA) is 124 Å². The molecule has 0 unspecified atom stereocenters. The molecule has 0 amide bonds. The number of benzene rings is 2. The van der Waals surface area contributed by atoms with Crippen LogP contribution in [0.3, 0.4) is 0 Å². The second kappa shape index (κ2) is 10.3. The fraction of sp³-hybridized carbons (Fsp3) is 0.364. The third kappa shape index (κ3) is 6.29. The average Bonchev–Trinajstić information content (AvgIpc) is 3.28. The summed E-state index contributed by atoms with van der Waals surface area (Å²) >= 11 is 0. The summed E-state index contributed by atoms with van der Waals surface area (Å²) < 4.78 is 38.9. The van der Waals surface area contributed by atoms with Crippen LogP contribution >= 0.6 is 0 Å².